The number of halogens is 1. The molecule has 1 aromatic heterocycles. The van der Waals surface area contributed by atoms with Crippen molar-refractivity contribution in [2.75, 3.05) is 0 Å². The van der Waals surface area contributed by atoms with E-state index in [1.165, 1.54) is 0 Å². The second-order valence-corrected chi connectivity index (χ2v) is 5.39. The third kappa shape index (κ3) is 2.36. The fourth-order valence-corrected chi connectivity index (χ4v) is 2.23. The summed E-state index contributed by atoms with van der Waals surface area (Å²) >= 11 is 3.42. The lowest BCUT2D eigenvalue weighted by Crippen LogP contribution is -2.14. The highest BCUT2D eigenvalue weighted by Crippen LogP contribution is 2.18. The fraction of sp³-hybridized carbons (Fsp3) is 0.308. The van der Waals surface area contributed by atoms with Crippen LogP contribution in [0.1, 0.15) is 31.0 Å². The van der Waals surface area contributed by atoms with E-state index >= 15 is 0 Å². The van der Waals surface area contributed by atoms with Crippen molar-refractivity contribution in [3.8, 4) is 5.69 Å². The first-order chi connectivity index (χ1) is 7.99. The van der Waals surface area contributed by atoms with Gasteiger partial charge >= 0.3 is 0 Å². The summed E-state index contributed by atoms with van der Waals surface area (Å²) in [7, 11) is 0. The first-order valence-corrected chi connectivity index (χ1v) is 6.37. The number of hydrogen-bond acceptors (Lipinski definition) is 1. The molecule has 0 aliphatic rings. The van der Waals surface area contributed by atoms with E-state index in [9.17, 15) is 4.79 Å². The average molecular weight is 295 g/mol. The first-order valence-electron chi connectivity index (χ1n) is 5.57. The van der Waals surface area contributed by atoms with E-state index in [0.29, 0.717) is 5.92 Å². The average Bonchev–Trinajstić information content (AvgIpc) is 2.61. The molecule has 2 aromatic rings. The zero-order valence-electron chi connectivity index (χ0n) is 10.1. The van der Waals surface area contributed by atoms with Crippen molar-refractivity contribution < 1.29 is 0 Å². The van der Waals surface area contributed by atoms with Crippen LogP contribution in [0, 0.1) is 6.92 Å². The van der Waals surface area contributed by atoms with E-state index in [2.05, 4.69) is 34.9 Å². The minimum atomic E-state index is -0.0147. The third-order valence-electron chi connectivity index (χ3n) is 2.76. The molecular weight excluding hydrogens is 280 g/mol. The van der Waals surface area contributed by atoms with Crippen LogP contribution in [0.15, 0.2) is 33.5 Å². The van der Waals surface area contributed by atoms with Gasteiger partial charge in [-0.05, 0) is 36.6 Å². The van der Waals surface area contributed by atoms with Gasteiger partial charge in [0.25, 0.3) is 5.56 Å². The van der Waals surface area contributed by atoms with Crippen molar-refractivity contribution in [1.29, 1.82) is 0 Å². The topological polar surface area (TPSA) is 37.8 Å². The van der Waals surface area contributed by atoms with Crippen molar-refractivity contribution in [2.45, 2.75) is 26.7 Å². The minimum Gasteiger partial charge on any atom is -0.295 e. The zero-order valence-corrected chi connectivity index (χ0v) is 11.7. The van der Waals surface area contributed by atoms with Crippen LogP contribution < -0.4 is 5.56 Å². The van der Waals surface area contributed by atoms with Gasteiger partial charge in [0, 0.05) is 16.2 Å². The molecule has 1 heterocycles. The largest absolute Gasteiger partial charge is 0.295 e. The molecule has 1 aromatic carbocycles. The Morgan fingerprint density at radius 1 is 1.29 bits per heavy atom. The lowest BCUT2D eigenvalue weighted by Gasteiger charge is -2.07. The van der Waals surface area contributed by atoms with Gasteiger partial charge < -0.3 is 0 Å². The fourth-order valence-electron chi connectivity index (χ4n) is 1.76. The Hall–Kier alpha value is -1.29. The van der Waals surface area contributed by atoms with Gasteiger partial charge in [-0.3, -0.25) is 9.89 Å². The second kappa shape index (κ2) is 4.53. The molecule has 0 spiro atoms. The van der Waals surface area contributed by atoms with Gasteiger partial charge in [0.05, 0.1) is 5.69 Å². The molecule has 17 heavy (non-hydrogen) atoms. The van der Waals surface area contributed by atoms with Crippen molar-refractivity contribution >= 4 is 15.9 Å². The molecule has 0 unspecified atom stereocenters. The standard InChI is InChI=1S/C13H15BrN2O/c1-8(2)11-7-13(17)16(15-11)12-5-4-10(14)6-9(12)3/h4-8,15H,1-3H3. The molecule has 0 fully saturated rings. The summed E-state index contributed by atoms with van der Waals surface area (Å²) in [6, 6.07) is 7.52. The number of aromatic nitrogens is 2. The Labute approximate surface area is 109 Å². The van der Waals surface area contributed by atoms with Gasteiger partial charge in [-0.2, -0.15) is 0 Å². The van der Waals surface area contributed by atoms with E-state index in [1.807, 2.05) is 25.1 Å². The maximum Gasteiger partial charge on any atom is 0.271 e. The molecule has 0 amide bonds. The molecule has 0 bridgehead atoms. The minimum absolute atomic E-state index is 0.0147. The zero-order chi connectivity index (χ0) is 12.6. The molecular formula is C13H15BrN2O. The summed E-state index contributed by atoms with van der Waals surface area (Å²) in [5, 5.41) is 3.15. The molecule has 0 aliphatic heterocycles. The number of H-pyrrole nitrogens is 1. The number of nitrogens with zero attached hydrogens (tertiary/aromatic N) is 1. The van der Waals surface area contributed by atoms with Crippen molar-refractivity contribution in [2.24, 2.45) is 0 Å². The molecule has 90 valence electrons. The van der Waals surface area contributed by atoms with E-state index in [0.717, 1.165) is 21.4 Å². The van der Waals surface area contributed by atoms with Gasteiger partial charge in [-0.15, -0.1) is 0 Å². The smallest absolute Gasteiger partial charge is 0.271 e. The Balaban J connectivity index is 2.57. The third-order valence-corrected chi connectivity index (χ3v) is 3.26. The van der Waals surface area contributed by atoms with Crippen LogP contribution >= 0.6 is 15.9 Å². The number of hydrogen-bond donors (Lipinski definition) is 1. The maximum atomic E-state index is 11.9. The highest BCUT2D eigenvalue weighted by Gasteiger charge is 2.09. The second-order valence-electron chi connectivity index (χ2n) is 4.47. The molecule has 0 saturated heterocycles. The van der Waals surface area contributed by atoms with Crippen LogP contribution in [0.4, 0.5) is 0 Å². The Morgan fingerprint density at radius 2 is 2.00 bits per heavy atom. The Morgan fingerprint density at radius 3 is 2.53 bits per heavy atom. The van der Waals surface area contributed by atoms with E-state index < -0.39 is 0 Å². The highest BCUT2D eigenvalue weighted by atomic mass is 79.9. The SMILES string of the molecule is Cc1cc(Br)ccc1-n1[nH]c(C(C)C)cc1=O. The van der Waals surface area contributed by atoms with Gasteiger partial charge in [-0.1, -0.05) is 29.8 Å². The highest BCUT2D eigenvalue weighted by molar-refractivity contribution is 9.10. The van der Waals surface area contributed by atoms with Crippen molar-refractivity contribution in [1.82, 2.24) is 9.78 Å². The first kappa shape index (κ1) is 12.2. The number of aryl methyl sites for hydroxylation is 1. The Bertz CT molecular complexity index is 596. The number of benzene rings is 1. The summed E-state index contributed by atoms with van der Waals surface area (Å²) < 4.78 is 2.61. The normalized spacial score (nSPS) is 11.1. The lowest BCUT2D eigenvalue weighted by molar-refractivity contribution is 0.758. The quantitative estimate of drug-likeness (QED) is 0.906. The molecule has 3 nitrogen and oxygen atoms in total. The molecule has 1 N–H and O–H groups in total. The summed E-state index contributed by atoms with van der Waals surface area (Å²) in [6.07, 6.45) is 0. The number of rotatable bonds is 2. The van der Waals surface area contributed by atoms with Crippen LogP contribution in [-0.2, 0) is 0 Å². The van der Waals surface area contributed by atoms with Crippen molar-refractivity contribution in [3.05, 3.63) is 50.3 Å². The van der Waals surface area contributed by atoms with Crippen LogP contribution in [0.5, 0.6) is 0 Å². The van der Waals surface area contributed by atoms with Crippen LogP contribution in [0.3, 0.4) is 0 Å². The van der Waals surface area contributed by atoms with Gasteiger partial charge in [0.2, 0.25) is 0 Å². The van der Waals surface area contributed by atoms with Crippen LogP contribution in [0.2, 0.25) is 0 Å². The number of nitrogens with one attached hydrogen (secondary N) is 1. The monoisotopic (exact) mass is 294 g/mol. The molecule has 2 rings (SSSR count). The predicted octanol–water partition coefficient (Wildman–Crippen LogP) is 3.36. The van der Waals surface area contributed by atoms with Gasteiger partial charge in [0.1, 0.15) is 0 Å². The number of aromatic amines is 1. The van der Waals surface area contributed by atoms with E-state index in [1.54, 1.807) is 10.7 Å². The van der Waals surface area contributed by atoms with Gasteiger partial charge in [0.15, 0.2) is 0 Å². The molecule has 0 saturated carbocycles. The summed E-state index contributed by atoms with van der Waals surface area (Å²) in [5.74, 6) is 0.319. The lowest BCUT2D eigenvalue weighted by atomic mass is 10.1. The van der Waals surface area contributed by atoms with Crippen molar-refractivity contribution in [3.63, 3.8) is 0 Å². The van der Waals surface area contributed by atoms with Crippen LogP contribution in [-0.4, -0.2) is 9.78 Å². The molecule has 4 heteroatoms. The van der Waals surface area contributed by atoms with E-state index in [4.69, 9.17) is 0 Å². The summed E-state index contributed by atoms with van der Waals surface area (Å²) in [6.45, 7) is 6.11. The summed E-state index contributed by atoms with van der Waals surface area (Å²) in [5.41, 5.74) is 2.89. The molecule has 0 radical (unpaired) electrons. The maximum absolute atomic E-state index is 11.9. The van der Waals surface area contributed by atoms with E-state index in [-0.39, 0.29) is 5.56 Å². The van der Waals surface area contributed by atoms with Crippen LogP contribution in [0.25, 0.3) is 5.69 Å². The summed E-state index contributed by atoms with van der Waals surface area (Å²) in [4.78, 5) is 11.9. The Kier molecular flexibility index (Phi) is 3.24. The predicted molar refractivity (Wildman–Crippen MR) is 72.9 cm³/mol. The molecule has 0 atom stereocenters. The molecule has 0 aliphatic carbocycles. The van der Waals surface area contributed by atoms with Gasteiger partial charge in [-0.25, -0.2) is 4.68 Å².